The fourth-order valence-electron chi connectivity index (χ4n) is 1.84. The number of nitrogens with zero attached hydrogens (tertiary/aromatic N) is 1. The van der Waals surface area contributed by atoms with Gasteiger partial charge in [-0.05, 0) is 17.7 Å². The molecule has 0 aliphatic heterocycles. The van der Waals surface area contributed by atoms with Crippen molar-refractivity contribution in [1.29, 1.82) is 0 Å². The van der Waals surface area contributed by atoms with Crippen molar-refractivity contribution in [2.45, 2.75) is 6.42 Å². The number of benzene rings is 1. The molecule has 1 heterocycles. The summed E-state index contributed by atoms with van der Waals surface area (Å²) in [7, 11) is 3.10. The first kappa shape index (κ1) is 14.1. The number of aromatic nitrogens is 1. The summed E-state index contributed by atoms with van der Waals surface area (Å²) in [4.78, 5) is 15.4. The van der Waals surface area contributed by atoms with Gasteiger partial charge in [0.05, 0.1) is 19.9 Å². The molecule has 6 nitrogen and oxygen atoms in total. The van der Waals surface area contributed by atoms with Crippen molar-refractivity contribution < 1.29 is 19.4 Å². The molecule has 2 rings (SSSR count). The lowest BCUT2D eigenvalue weighted by atomic mass is 10.1. The van der Waals surface area contributed by atoms with Gasteiger partial charge in [0.25, 0.3) is 0 Å². The van der Waals surface area contributed by atoms with E-state index in [-0.39, 0.29) is 10.0 Å². The molecule has 0 saturated carbocycles. The zero-order valence-corrected chi connectivity index (χ0v) is 11.9. The number of anilines is 1. The number of hydrogen-bond donors (Lipinski definition) is 2. The molecule has 1 aromatic carbocycles. The molecule has 0 atom stereocenters. The van der Waals surface area contributed by atoms with E-state index in [9.17, 15) is 4.79 Å². The molecule has 0 unspecified atom stereocenters. The van der Waals surface area contributed by atoms with Gasteiger partial charge in [0.15, 0.2) is 16.6 Å². The molecule has 1 aromatic heterocycles. The maximum atomic E-state index is 11.1. The lowest BCUT2D eigenvalue weighted by Gasteiger charge is -2.09. The van der Waals surface area contributed by atoms with Crippen LogP contribution in [0.4, 0.5) is 5.13 Å². The highest BCUT2D eigenvalue weighted by molar-refractivity contribution is 7.17. The number of nitrogens with two attached hydrogens (primary N) is 1. The monoisotopic (exact) mass is 294 g/mol. The summed E-state index contributed by atoms with van der Waals surface area (Å²) < 4.78 is 10.4. The van der Waals surface area contributed by atoms with Crippen molar-refractivity contribution in [2.75, 3.05) is 20.0 Å². The van der Waals surface area contributed by atoms with Gasteiger partial charge in [-0.1, -0.05) is 17.4 Å². The molecular weight excluding hydrogens is 280 g/mol. The van der Waals surface area contributed by atoms with E-state index in [1.807, 2.05) is 6.07 Å². The first-order valence-corrected chi connectivity index (χ1v) is 6.56. The Bertz CT molecular complexity index is 639. The third-order valence-corrected chi connectivity index (χ3v) is 3.64. The number of hydrogen-bond acceptors (Lipinski definition) is 6. The summed E-state index contributed by atoms with van der Waals surface area (Å²) >= 11 is 0.971. The van der Waals surface area contributed by atoms with Crippen LogP contribution >= 0.6 is 11.3 Å². The Balaban J connectivity index is 2.33. The zero-order chi connectivity index (χ0) is 14.7. The predicted molar refractivity (Wildman–Crippen MR) is 75.8 cm³/mol. The van der Waals surface area contributed by atoms with E-state index in [1.165, 1.54) is 0 Å². The van der Waals surface area contributed by atoms with Crippen LogP contribution in [0.15, 0.2) is 18.2 Å². The number of aromatic carboxylic acids is 1. The van der Waals surface area contributed by atoms with Crippen LogP contribution in [0.2, 0.25) is 0 Å². The molecule has 20 heavy (non-hydrogen) atoms. The number of carboxylic acid groups (broad SMARTS) is 1. The van der Waals surface area contributed by atoms with E-state index in [0.29, 0.717) is 23.6 Å². The summed E-state index contributed by atoms with van der Waals surface area (Å²) in [6, 6.07) is 5.40. The van der Waals surface area contributed by atoms with Crippen LogP contribution in [-0.2, 0) is 6.42 Å². The molecule has 0 spiro atoms. The van der Waals surface area contributed by atoms with Crippen molar-refractivity contribution in [3.63, 3.8) is 0 Å². The fourth-order valence-corrected chi connectivity index (χ4v) is 2.53. The second-order valence-electron chi connectivity index (χ2n) is 4.00. The van der Waals surface area contributed by atoms with Crippen LogP contribution in [0.5, 0.6) is 11.5 Å². The summed E-state index contributed by atoms with van der Waals surface area (Å²) in [5, 5.41) is 9.36. The molecule has 0 saturated heterocycles. The molecule has 106 valence electrons. The second-order valence-corrected chi connectivity index (χ2v) is 5.03. The molecule has 3 N–H and O–H groups in total. The molecule has 0 amide bonds. The third kappa shape index (κ3) is 2.83. The van der Waals surface area contributed by atoms with Crippen molar-refractivity contribution in [3.05, 3.63) is 34.3 Å². The second kappa shape index (κ2) is 5.79. The Morgan fingerprint density at radius 3 is 2.65 bits per heavy atom. The number of methoxy groups -OCH3 is 2. The molecule has 0 radical (unpaired) electrons. The van der Waals surface area contributed by atoms with E-state index < -0.39 is 5.97 Å². The lowest BCUT2D eigenvalue weighted by molar-refractivity contribution is 0.0701. The minimum atomic E-state index is -1.02. The maximum Gasteiger partial charge on any atom is 0.347 e. The van der Waals surface area contributed by atoms with Crippen LogP contribution in [-0.4, -0.2) is 30.3 Å². The Kier molecular flexibility index (Phi) is 4.09. The normalized spacial score (nSPS) is 10.3. The molecule has 7 heteroatoms. The Morgan fingerprint density at radius 2 is 2.05 bits per heavy atom. The lowest BCUT2D eigenvalue weighted by Crippen LogP contribution is -2.00. The Morgan fingerprint density at radius 1 is 1.35 bits per heavy atom. The first-order chi connectivity index (χ1) is 9.55. The van der Waals surface area contributed by atoms with Crippen LogP contribution in [0.25, 0.3) is 0 Å². The standard InChI is InChI=1S/C13H14N2O4S/c1-18-9-4-3-7(6-10(9)19-2)5-8-11(12(16)17)20-13(14)15-8/h3-4,6H,5H2,1-2H3,(H2,14,15)(H,16,17). The van der Waals surface area contributed by atoms with E-state index in [2.05, 4.69) is 4.98 Å². The largest absolute Gasteiger partial charge is 0.493 e. The smallest absolute Gasteiger partial charge is 0.347 e. The number of carbonyl (C=O) groups is 1. The van der Waals surface area contributed by atoms with Crippen molar-refractivity contribution in [3.8, 4) is 11.5 Å². The molecule has 0 bridgehead atoms. The molecule has 0 aliphatic carbocycles. The fraction of sp³-hybridized carbons (Fsp3) is 0.231. The van der Waals surface area contributed by atoms with E-state index >= 15 is 0 Å². The van der Waals surface area contributed by atoms with Gasteiger partial charge < -0.3 is 20.3 Å². The summed E-state index contributed by atoms with van der Waals surface area (Å²) in [5.74, 6) is 0.187. The Labute approximate surface area is 119 Å². The number of ether oxygens (including phenoxy) is 2. The third-order valence-electron chi connectivity index (χ3n) is 2.73. The molecule has 2 aromatic rings. The van der Waals surface area contributed by atoms with Gasteiger partial charge in [-0.25, -0.2) is 9.78 Å². The van der Waals surface area contributed by atoms with Crippen LogP contribution in [0.1, 0.15) is 20.9 Å². The summed E-state index contributed by atoms with van der Waals surface area (Å²) in [6.07, 6.45) is 0.371. The van der Waals surface area contributed by atoms with Crippen molar-refractivity contribution in [1.82, 2.24) is 4.98 Å². The van der Waals surface area contributed by atoms with Crippen LogP contribution < -0.4 is 15.2 Å². The van der Waals surface area contributed by atoms with Gasteiger partial charge in [-0.15, -0.1) is 0 Å². The zero-order valence-electron chi connectivity index (χ0n) is 11.0. The van der Waals surface area contributed by atoms with E-state index in [1.54, 1.807) is 26.4 Å². The van der Waals surface area contributed by atoms with Gasteiger partial charge in [0, 0.05) is 6.42 Å². The van der Waals surface area contributed by atoms with Gasteiger partial charge in [-0.3, -0.25) is 0 Å². The van der Waals surface area contributed by atoms with E-state index in [0.717, 1.165) is 16.9 Å². The quantitative estimate of drug-likeness (QED) is 0.876. The SMILES string of the molecule is COc1ccc(Cc2nc(N)sc2C(=O)O)cc1OC. The maximum absolute atomic E-state index is 11.1. The average molecular weight is 294 g/mol. The highest BCUT2D eigenvalue weighted by Crippen LogP contribution is 2.29. The van der Waals surface area contributed by atoms with Crippen LogP contribution in [0.3, 0.4) is 0 Å². The van der Waals surface area contributed by atoms with Gasteiger partial charge in [-0.2, -0.15) is 0 Å². The van der Waals surface area contributed by atoms with Gasteiger partial charge in [0.2, 0.25) is 0 Å². The van der Waals surface area contributed by atoms with Gasteiger partial charge >= 0.3 is 5.97 Å². The summed E-state index contributed by atoms with van der Waals surface area (Å²) in [6.45, 7) is 0. The number of rotatable bonds is 5. The Hall–Kier alpha value is -2.28. The highest BCUT2D eigenvalue weighted by atomic mass is 32.1. The number of thiazole rings is 1. The van der Waals surface area contributed by atoms with Crippen molar-refractivity contribution >= 4 is 22.4 Å². The topological polar surface area (TPSA) is 94.7 Å². The van der Waals surface area contributed by atoms with Gasteiger partial charge in [0.1, 0.15) is 4.88 Å². The predicted octanol–water partition coefficient (Wildman–Crippen LogP) is 2.03. The van der Waals surface area contributed by atoms with E-state index in [4.69, 9.17) is 20.3 Å². The average Bonchev–Trinajstić information content (AvgIpc) is 2.79. The van der Waals surface area contributed by atoms with Crippen molar-refractivity contribution in [2.24, 2.45) is 0 Å². The minimum absolute atomic E-state index is 0.164. The molecule has 0 fully saturated rings. The van der Waals surface area contributed by atoms with Crippen LogP contribution in [0, 0.1) is 0 Å². The highest BCUT2D eigenvalue weighted by Gasteiger charge is 2.17. The summed E-state index contributed by atoms with van der Waals surface area (Å²) in [5.41, 5.74) is 6.89. The molecular formula is C13H14N2O4S. The first-order valence-electron chi connectivity index (χ1n) is 5.74. The molecule has 0 aliphatic rings. The number of carboxylic acids is 1. The number of nitrogen functional groups attached to an aromatic ring is 1. The minimum Gasteiger partial charge on any atom is -0.493 e.